The van der Waals surface area contributed by atoms with Gasteiger partial charge in [0.2, 0.25) is 0 Å². The van der Waals surface area contributed by atoms with Gasteiger partial charge in [0.25, 0.3) is 11.8 Å². The zero-order valence-electron chi connectivity index (χ0n) is 12.5. The lowest BCUT2D eigenvalue weighted by molar-refractivity contribution is -0.117. The van der Waals surface area contributed by atoms with Gasteiger partial charge >= 0.3 is 0 Å². The van der Waals surface area contributed by atoms with Crippen LogP contribution < -0.4 is 15.2 Å². The van der Waals surface area contributed by atoms with Gasteiger partial charge in [-0.3, -0.25) is 15.0 Å². The molecule has 3 rings (SSSR count). The van der Waals surface area contributed by atoms with Crippen molar-refractivity contribution in [3.05, 3.63) is 63.1 Å². The van der Waals surface area contributed by atoms with Crippen molar-refractivity contribution in [1.82, 2.24) is 5.43 Å². The molecule has 1 heterocycles. The average Bonchev–Trinajstić information content (AvgIpc) is 2.84. The Balaban J connectivity index is 1.97. The van der Waals surface area contributed by atoms with E-state index in [-0.39, 0.29) is 5.57 Å². The summed E-state index contributed by atoms with van der Waals surface area (Å²) < 4.78 is 6.08. The van der Waals surface area contributed by atoms with Gasteiger partial charge in [-0.2, -0.15) is 0 Å². The van der Waals surface area contributed by atoms with Crippen molar-refractivity contribution in [3.8, 4) is 5.75 Å². The van der Waals surface area contributed by atoms with Crippen LogP contribution in [0.25, 0.3) is 6.08 Å². The normalized spacial score (nSPS) is 15.8. The van der Waals surface area contributed by atoms with Crippen LogP contribution in [-0.2, 0) is 9.59 Å². The minimum Gasteiger partial charge on any atom is -0.496 e. The Hall–Kier alpha value is -2.31. The Bertz CT molecular complexity index is 849. The summed E-state index contributed by atoms with van der Waals surface area (Å²) >= 11 is 9.21. The number of ether oxygens (including phenoxy) is 1. The van der Waals surface area contributed by atoms with Gasteiger partial charge in [-0.25, -0.2) is 5.01 Å². The number of carbonyl (C=O) groups is 2. The number of anilines is 1. The molecule has 1 fully saturated rings. The molecule has 2 amide bonds. The first-order valence-electron chi connectivity index (χ1n) is 6.96. The maximum atomic E-state index is 12.6. The first-order valence-corrected chi connectivity index (χ1v) is 8.13. The monoisotopic (exact) mass is 406 g/mol. The number of hydrazine groups is 1. The lowest BCUT2D eigenvalue weighted by atomic mass is 10.1. The lowest BCUT2D eigenvalue weighted by Gasteiger charge is -2.14. The third-order valence-electron chi connectivity index (χ3n) is 3.47. The molecule has 0 saturated carbocycles. The number of hydrogen-bond donors (Lipinski definition) is 1. The number of benzene rings is 2. The van der Waals surface area contributed by atoms with E-state index in [1.807, 2.05) is 6.07 Å². The first-order chi connectivity index (χ1) is 11.5. The molecule has 1 aliphatic heterocycles. The molecule has 7 heteroatoms. The highest BCUT2D eigenvalue weighted by Crippen LogP contribution is 2.28. The van der Waals surface area contributed by atoms with E-state index in [0.717, 1.165) is 4.47 Å². The number of methoxy groups -OCH3 is 1. The van der Waals surface area contributed by atoms with Crippen LogP contribution in [0.3, 0.4) is 0 Å². The van der Waals surface area contributed by atoms with Crippen LogP contribution in [0.4, 0.5) is 5.69 Å². The summed E-state index contributed by atoms with van der Waals surface area (Å²) in [6.45, 7) is 0. The standard InChI is InChI=1S/C17H12BrClN2O3/c1-24-15-7-2-11(18)8-10(15)9-14-16(22)20-21(17(14)23)13-5-3-12(19)4-6-13/h2-9H,1H3,(H,20,22). The molecule has 1 N–H and O–H groups in total. The number of rotatable bonds is 3. The molecule has 1 aliphatic rings. The van der Waals surface area contributed by atoms with E-state index in [1.165, 1.54) is 18.2 Å². The van der Waals surface area contributed by atoms with E-state index in [4.69, 9.17) is 16.3 Å². The van der Waals surface area contributed by atoms with Gasteiger partial charge in [-0.15, -0.1) is 0 Å². The highest BCUT2D eigenvalue weighted by molar-refractivity contribution is 9.10. The van der Waals surface area contributed by atoms with Crippen molar-refractivity contribution in [1.29, 1.82) is 0 Å². The number of amides is 2. The van der Waals surface area contributed by atoms with Gasteiger partial charge < -0.3 is 4.74 Å². The van der Waals surface area contributed by atoms with Crippen LogP contribution in [0.1, 0.15) is 5.56 Å². The molecule has 2 aromatic carbocycles. The van der Waals surface area contributed by atoms with Gasteiger partial charge in [0.1, 0.15) is 11.3 Å². The second-order valence-corrected chi connectivity index (χ2v) is 6.35. The summed E-state index contributed by atoms with van der Waals surface area (Å²) in [5, 5.41) is 1.74. The zero-order valence-corrected chi connectivity index (χ0v) is 14.9. The van der Waals surface area contributed by atoms with Crippen molar-refractivity contribution in [3.63, 3.8) is 0 Å². The van der Waals surface area contributed by atoms with Crippen molar-refractivity contribution in [2.75, 3.05) is 12.1 Å². The molecule has 0 atom stereocenters. The fourth-order valence-electron chi connectivity index (χ4n) is 2.30. The summed E-state index contributed by atoms with van der Waals surface area (Å²) in [5.41, 5.74) is 3.73. The summed E-state index contributed by atoms with van der Waals surface area (Å²) in [5.74, 6) is -0.349. The number of nitrogens with zero attached hydrogens (tertiary/aromatic N) is 1. The van der Waals surface area contributed by atoms with Gasteiger partial charge in [0, 0.05) is 15.1 Å². The highest BCUT2D eigenvalue weighted by atomic mass is 79.9. The number of carbonyl (C=O) groups excluding carboxylic acids is 2. The van der Waals surface area contributed by atoms with Crippen LogP contribution in [-0.4, -0.2) is 18.9 Å². The molecule has 0 radical (unpaired) electrons. The number of halogens is 2. The molecule has 24 heavy (non-hydrogen) atoms. The maximum Gasteiger partial charge on any atom is 0.282 e. The molecule has 2 aromatic rings. The Kier molecular flexibility index (Phi) is 4.59. The Morgan fingerprint density at radius 2 is 1.88 bits per heavy atom. The van der Waals surface area contributed by atoms with E-state index in [9.17, 15) is 9.59 Å². The van der Waals surface area contributed by atoms with Gasteiger partial charge in [-0.05, 0) is 48.5 Å². The van der Waals surface area contributed by atoms with Gasteiger partial charge in [0.05, 0.1) is 12.8 Å². The van der Waals surface area contributed by atoms with Crippen molar-refractivity contribution in [2.24, 2.45) is 0 Å². The Morgan fingerprint density at radius 3 is 2.54 bits per heavy atom. The number of hydrogen-bond acceptors (Lipinski definition) is 3. The topological polar surface area (TPSA) is 58.6 Å². The summed E-state index contributed by atoms with van der Waals surface area (Å²) in [6.07, 6.45) is 1.51. The minimum absolute atomic E-state index is 0.0290. The lowest BCUT2D eigenvalue weighted by Crippen LogP contribution is -2.35. The molecule has 5 nitrogen and oxygen atoms in total. The zero-order chi connectivity index (χ0) is 17.3. The molecule has 0 unspecified atom stereocenters. The van der Waals surface area contributed by atoms with Crippen LogP contribution in [0.15, 0.2) is 52.5 Å². The molecule has 0 spiro atoms. The molecule has 0 aliphatic carbocycles. The third kappa shape index (κ3) is 3.16. The molecule has 0 aromatic heterocycles. The van der Waals surface area contributed by atoms with Crippen LogP contribution in [0.2, 0.25) is 5.02 Å². The second kappa shape index (κ2) is 6.67. The van der Waals surface area contributed by atoms with E-state index in [1.54, 1.807) is 36.4 Å². The molecule has 1 saturated heterocycles. The average molecular weight is 408 g/mol. The van der Waals surface area contributed by atoms with E-state index in [2.05, 4.69) is 21.4 Å². The maximum absolute atomic E-state index is 12.6. The summed E-state index contributed by atoms with van der Waals surface area (Å²) in [7, 11) is 1.53. The third-order valence-corrected chi connectivity index (χ3v) is 4.21. The summed E-state index contributed by atoms with van der Waals surface area (Å²) in [6, 6.07) is 12.0. The smallest absolute Gasteiger partial charge is 0.282 e. The van der Waals surface area contributed by atoms with Crippen molar-refractivity contribution >= 4 is 51.1 Å². The predicted molar refractivity (Wildman–Crippen MR) is 95.8 cm³/mol. The minimum atomic E-state index is -0.475. The van der Waals surface area contributed by atoms with E-state index in [0.29, 0.717) is 22.0 Å². The molecular formula is C17H12BrClN2O3. The van der Waals surface area contributed by atoms with Crippen LogP contribution >= 0.6 is 27.5 Å². The van der Waals surface area contributed by atoms with Crippen molar-refractivity contribution in [2.45, 2.75) is 0 Å². The quantitative estimate of drug-likeness (QED) is 0.625. The van der Waals surface area contributed by atoms with Gasteiger partial charge in [0.15, 0.2) is 0 Å². The Labute approximate surface area is 152 Å². The molecular weight excluding hydrogens is 396 g/mol. The van der Waals surface area contributed by atoms with E-state index >= 15 is 0 Å². The predicted octanol–water partition coefficient (Wildman–Crippen LogP) is 3.57. The molecule has 122 valence electrons. The molecule has 0 bridgehead atoms. The van der Waals surface area contributed by atoms with E-state index < -0.39 is 11.8 Å². The van der Waals surface area contributed by atoms with Crippen LogP contribution in [0, 0.1) is 0 Å². The Morgan fingerprint density at radius 1 is 1.17 bits per heavy atom. The fraction of sp³-hybridized carbons (Fsp3) is 0.0588. The SMILES string of the molecule is COc1ccc(Br)cc1C=C1C(=O)NN(c2ccc(Cl)cc2)C1=O. The second-order valence-electron chi connectivity index (χ2n) is 5.00. The fourth-order valence-corrected chi connectivity index (χ4v) is 2.81. The summed E-state index contributed by atoms with van der Waals surface area (Å²) in [4.78, 5) is 24.8. The van der Waals surface area contributed by atoms with Crippen LogP contribution in [0.5, 0.6) is 5.75 Å². The van der Waals surface area contributed by atoms with Gasteiger partial charge in [-0.1, -0.05) is 27.5 Å². The first kappa shape index (κ1) is 16.5. The largest absolute Gasteiger partial charge is 0.496 e. The highest BCUT2D eigenvalue weighted by Gasteiger charge is 2.34. The number of nitrogens with one attached hydrogen (secondary N) is 1. The van der Waals surface area contributed by atoms with Crippen molar-refractivity contribution < 1.29 is 14.3 Å².